The largest absolute Gasteiger partial charge is 0.444 e. The highest BCUT2D eigenvalue weighted by Gasteiger charge is 2.33. The van der Waals surface area contributed by atoms with Crippen molar-refractivity contribution in [1.29, 1.82) is 0 Å². The lowest BCUT2D eigenvalue weighted by Crippen LogP contribution is -2.42. The molecule has 1 atom stereocenters. The predicted molar refractivity (Wildman–Crippen MR) is 111 cm³/mol. The van der Waals surface area contributed by atoms with E-state index < -0.39 is 11.7 Å². The Hall–Kier alpha value is -3.63. The van der Waals surface area contributed by atoms with Crippen molar-refractivity contribution in [1.82, 2.24) is 34.2 Å². The van der Waals surface area contributed by atoms with Crippen LogP contribution in [-0.2, 0) is 4.74 Å². The molecule has 4 heterocycles. The van der Waals surface area contributed by atoms with Gasteiger partial charge in [0.1, 0.15) is 11.1 Å². The molecule has 0 aliphatic carbocycles. The van der Waals surface area contributed by atoms with Gasteiger partial charge in [0.05, 0.1) is 17.8 Å². The Balaban J connectivity index is 1.45. The molecule has 1 aliphatic rings. The van der Waals surface area contributed by atoms with Gasteiger partial charge in [0.15, 0.2) is 0 Å². The summed E-state index contributed by atoms with van der Waals surface area (Å²) in [6.07, 6.45) is 4.88. The topological polar surface area (TPSA) is 118 Å². The fraction of sp³-hybridized carbons (Fsp3) is 0.450. The number of carbonyl (C=O) groups excluding carboxylic acids is 2. The Labute approximate surface area is 178 Å². The monoisotopic (exact) mass is 427 g/mol. The molecule has 31 heavy (non-hydrogen) atoms. The van der Waals surface area contributed by atoms with E-state index in [2.05, 4.69) is 15.2 Å². The molecule has 164 valence electrons. The van der Waals surface area contributed by atoms with E-state index in [0.29, 0.717) is 30.6 Å². The molecule has 0 spiro atoms. The molecule has 0 radical (unpaired) electrons. The quantitative estimate of drug-likeness (QED) is 0.673. The van der Waals surface area contributed by atoms with Crippen molar-refractivity contribution in [2.24, 2.45) is 0 Å². The molecule has 11 nitrogen and oxygen atoms in total. The summed E-state index contributed by atoms with van der Waals surface area (Å²) in [5.74, 6) is 0.00688. The van der Waals surface area contributed by atoms with Gasteiger partial charge in [0.25, 0.3) is 11.5 Å². The van der Waals surface area contributed by atoms with Gasteiger partial charge in [-0.15, -0.1) is 5.10 Å². The summed E-state index contributed by atoms with van der Waals surface area (Å²) in [7, 11) is 1.68. The second kappa shape index (κ2) is 7.56. The molecule has 3 aromatic heterocycles. The molecular formula is C20H25N7O4. The molecule has 1 saturated heterocycles. The summed E-state index contributed by atoms with van der Waals surface area (Å²) in [5, 5.41) is 8.47. The number of nitrogens with one attached hydrogen (secondary N) is 1. The van der Waals surface area contributed by atoms with E-state index in [4.69, 9.17) is 4.74 Å². The van der Waals surface area contributed by atoms with E-state index in [0.717, 1.165) is 0 Å². The summed E-state index contributed by atoms with van der Waals surface area (Å²) in [5.41, 5.74) is -0.0848. The summed E-state index contributed by atoms with van der Waals surface area (Å²) in [6.45, 7) is 6.38. The van der Waals surface area contributed by atoms with Gasteiger partial charge in [-0.05, 0) is 39.3 Å². The number of amides is 2. The van der Waals surface area contributed by atoms with Crippen LogP contribution < -0.4 is 5.56 Å². The highest BCUT2D eigenvalue weighted by Crippen LogP contribution is 2.19. The van der Waals surface area contributed by atoms with E-state index in [-0.39, 0.29) is 23.5 Å². The Morgan fingerprint density at radius 2 is 2.10 bits per heavy atom. The fourth-order valence-electron chi connectivity index (χ4n) is 3.49. The number of hydrogen-bond donors (Lipinski definition) is 1. The maximum atomic E-state index is 12.9. The number of carbonyl (C=O) groups is 2. The molecule has 0 aromatic carbocycles. The van der Waals surface area contributed by atoms with Crippen LogP contribution in [0.15, 0.2) is 35.5 Å². The van der Waals surface area contributed by atoms with Crippen molar-refractivity contribution in [3.63, 3.8) is 0 Å². The van der Waals surface area contributed by atoms with Crippen LogP contribution in [0.1, 0.15) is 37.6 Å². The molecule has 1 fully saturated rings. The van der Waals surface area contributed by atoms with Crippen LogP contribution in [0.2, 0.25) is 0 Å². The first-order chi connectivity index (χ1) is 14.6. The zero-order valence-electron chi connectivity index (χ0n) is 17.9. The summed E-state index contributed by atoms with van der Waals surface area (Å²) in [4.78, 5) is 43.3. The van der Waals surface area contributed by atoms with Gasteiger partial charge in [-0.25, -0.2) is 14.0 Å². The smallest absolute Gasteiger partial charge is 0.410 e. The van der Waals surface area contributed by atoms with Crippen molar-refractivity contribution in [2.75, 3.05) is 20.1 Å². The molecule has 1 N–H and O–H groups in total. The first-order valence-electron chi connectivity index (χ1n) is 10.0. The number of rotatable bonds is 3. The Morgan fingerprint density at radius 3 is 2.84 bits per heavy atom. The summed E-state index contributed by atoms with van der Waals surface area (Å²) < 4.78 is 8.22. The molecular weight excluding hydrogens is 402 g/mol. The Morgan fingerprint density at radius 1 is 1.32 bits per heavy atom. The van der Waals surface area contributed by atoms with E-state index >= 15 is 0 Å². The number of aromatic nitrogens is 5. The Bertz CT molecular complexity index is 1190. The van der Waals surface area contributed by atoms with Gasteiger partial charge < -0.3 is 14.5 Å². The zero-order chi connectivity index (χ0) is 22.3. The number of nitrogens with zero attached hydrogens (tertiary/aromatic N) is 6. The molecule has 4 rings (SSSR count). The van der Waals surface area contributed by atoms with Crippen LogP contribution in [-0.4, -0.2) is 78.0 Å². The van der Waals surface area contributed by atoms with Crippen molar-refractivity contribution >= 4 is 17.5 Å². The summed E-state index contributed by atoms with van der Waals surface area (Å²) >= 11 is 0. The maximum Gasteiger partial charge on any atom is 0.410 e. The standard InChI is InChI=1S/C20H25N7O4/c1-20(2,3)31-19(30)24(4)14-7-9-25(12-14)17(29)13-10-21-27(11-13)18-22-16(28)15-6-5-8-26(15)23-18/h5-6,8,10-11,14H,7,9,12H2,1-4H3,(H,22,23,28)/t14-/m1/s1. The maximum absolute atomic E-state index is 12.9. The molecule has 0 bridgehead atoms. The van der Waals surface area contributed by atoms with Crippen LogP contribution in [0, 0.1) is 0 Å². The van der Waals surface area contributed by atoms with Crippen LogP contribution in [0.5, 0.6) is 0 Å². The molecule has 0 unspecified atom stereocenters. The SMILES string of the molecule is CN(C(=O)OC(C)(C)C)[C@@H]1CCN(C(=O)c2cnn(-c3nn4cccc4c(=O)[nH]3)c2)C1. The molecule has 3 aromatic rings. The van der Waals surface area contributed by atoms with E-state index in [1.807, 2.05) is 20.8 Å². The predicted octanol–water partition coefficient (Wildman–Crippen LogP) is 1.29. The fourth-order valence-corrected chi connectivity index (χ4v) is 3.49. The lowest BCUT2D eigenvalue weighted by Gasteiger charge is -2.28. The van der Waals surface area contributed by atoms with Gasteiger partial charge in [-0.2, -0.15) is 5.10 Å². The third kappa shape index (κ3) is 4.16. The van der Waals surface area contributed by atoms with Gasteiger partial charge in [0.2, 0.25) is 5.95 Å². The van der Waals surface area contributed by atoms with E-state index in [1.54, 1.807) is 35.2 Å². The lowest BCUT2D eigenvalue weighted by molar-refractivity contribution is 0.0226. The lowest BCUT2D eigenvalue weighted by atomic mass is 10.2. The minimum absolute atomic E-state index is 0.122. The third-order valence-corrected chi connectivity index (χ3v) is 5.11. The Kier molecular flexibility index (Phi) is 5.03. The highest BCUT2D eigenvalue weighted by atomic mass is 16.6. The normalized spacial score (nSPS) is 16.6. The van der Waals surface area contributed by atoms with Gasteiger partial charge in [-0.3, -0.25) is 14.6 Å². The first kappa shape index (κ1) is 20.6. The molecule has 1 aliphatic heterocycles. The van der Waals surface area contributed by atoms with E-state index in [9.17, 15) is 14.4 Å². The van der Waals surface area contributed by atoms with Gasteiger partial charge in [-0.1, -0.05) is 0 Å². The minimum atomic E-state index is -0.577. The number of fused-ring (bicyclic) bond motifs is 1. The van der Waals surface area contributed by atoms with Crippen LogP contribution in [0.3, 0.4) is 0 Å². The first-order valence-corrected chi connectivity index (χ1v) is 10.0. The average molecular weight is 427 g/mol. The van der Waals surface area contributed by atoms with Crippen LogP contribution in [0.4, 0.5) is 4.79 Å². The number of ether oxygens (including phenoxy) is 1. The van der Waals surface area contributed by atoms with Crippen LogP contribution >= 0.6 is 0 Å². The number of hydrogen-bond acceptors (Lipinski definition) is 6. The third-order valence-electron chi connectivity index (χ3n) is 5.11. The van der Waals surface area contributed by atoms with Crippen molar-refractivity contribution < 1.29 is 14.3 Å². The van der Waals surface area contributed by atoms with E-state index in [1.165, 1.54) is 21.6 Å². The van der Waals surface area contributed by atoms with Crippen molar-refractivity contribution in [3.8, 4) is 5.95 Å². The number of H-pyrrole nitrogens is 1. The minimum Gasteiger partial charge on any atom is -0.444 e. The number of likely N-dealkylation sites (N-methyl/N-ethyl adjacent to an activating group) is 1. The van der Waals surface area contributed by atoms with Crippen molar-refractivity contribution in [2.45, 2.75) is 38.8 Å². The zero-order valence-corrected chi connectivity index (χ0v) is 17.9. The number of likely N-dealkylation sites (tertiary alicyclic amines) is 1. The molecule has 0 saturated carbocycles. The summed E-state index contributed by atoms with van der Waals surface area (Å²) in [6, 6.07) is 3.26. The second-order valence-electron chi connectivity index (χ2n) is 8.57. The van der Waals surface area contributed by atoms with Gasteiger partial charge in [0, 0.05) is 32.5 Å². The number of aromatic amines is 1. The highest BCUT2D eigenvalue weighted by molar-refractivity contribution is 5.94. The van der Waals surface area contributed by atoms with Crippen LogP contribution in [0.25, 0.3) is 11.5 Å². The average Bonchev–Trinajstić information content (AvgIpc) is 3.45. The molecule has 2 amide bonds. The van der Waals surface area contributed by atoms with Crippen molar-refractivity contribution in [3.05, 3.63) is 46.6 Å². The second-order valence-corrected chi connectivity index (χ2v) is 8.57. The van der Waals surface area contributed by atoms with Gasteiger partial charge >= 0.3 is 6.09 Å². The molecule has 11 heteroatoms.